The minimum atomic E-state index is -3.74. The van der Waals surface area contributed by atoms with Gasteiger partial charge >= 0.3 is 5.97 Å². The summed E-state index contributed by atoms with van der Waals surface area (Å²) in [5, 5.41) is 8.88. The molecule has 1 aromatic rings. The topological polar surface area (TPSA) is 83.9 Å². The van der Waals surface area contributed by atoms with Crippen LogP contribution in [0.25, 0.3) is 0 Å². The number of para-hydroxylation sites is 1. The highest BCUT2D eigenvalue weighted by Crippen LogP contribution is 2.17. The van der Waals surface area contributed by atoms with Gasteiger partial charge in [-0.15, -0.1) is 0 Å². The van der Waals surface area contributed by atoms with Crippen LogP contribution in [-0.2, 0) is 19.6 Å². The summed E-state index contributed by atoms with van der Waals surface area (Å²) in [5.74, 6) is -1.46. The lowest BCUT2D eigenvalue weighted by atomic mass is 10.3. The molecule has 0 saturated carbocycles. The number of nitrogens with zero attached hydrogens (tertiary/aromatic N) is 1. The van der Waals surface area contributed by atoms with Gasteiger partial charge < -0.3 is 9.84 Å². The standard InChI is InChI=1S/C13H19NO5S/c1-11(2)19-8-9-20(17,18)14(10-13(15)16)12-6-4-3-5-7-12/h3-7,11H,8-10H2,1-2H3,(H,15,16). The van der Waals surface area contributed by atoms with Gasteiger partial charge in [0, 0.05) is 0 Å². The Hall–Kier alpha value is -1.60. The van der Waals surface area contributed by atoms with Crippen LogP contribution < -0.4 is 4.31 Å². The molecule has 0 aromatic heterocycles. The van der Waals surface area contributed by atoms with E-state index in [-0.39, 0.29) is 18.5 Å². The minimum absolute atomic E-state index is 0.0307. The lowest BCUT2D eigenvalue weighted by Crippen LogP contribution is -2.38. The van der Waals surface area contributed by atoms with E-state index in [1.165, 1.54) is 0 Å². The van der Waals surface area contributed by atoms with Crippen molar-refractivity contribution in [2.45, 2.75) is 20.0 Å². The Morgan fingerprint density at radius 1 is 1.30 bits per heavy atom. The Balaban J connectivity index is 2.90. The van der Waals surface area contributed by atoms with Crippen LogP contribution in [0.2, 0.25) is 0 Å². The maximum atomic E-state index is 12.2. The molecule has 0 fully saturated rings. The molecular formula is C13H19NO5S. The van der Waals surface area contributed by atoms with Gasteiger partial charge in [0.15, 0.2) is 0 Å². The summed E-state index contributed by atoms with van der Waals surface area (Å²) in [6.45, 7) is 3.04. The number of carboxylic acids is 1. The molecule has 0 amide bonds. The van der Waals surface area contributed by atoms with E-state index < -0.39 is 22.5 Å². The van der Waals surface area contributed by atoms with Gasteiger partial charge in [0.25, 0.3) is 0 Å². The number of carboxylic acid groups (broad SMARTS) is 1. The predicted octanol–water partition coefficient (Wildman–Crippen LogP) is 1.33. The second-order valence-corrected chi connectivity index (χ2v) is 6.48. The zero-order valence-electron chi connectivity index (χ0n) is 11.5. The van der Waals surface area contributed by atoms with E-state index in [1.807, 2.05) is 0 Å². The van der Waals surface area contributed by atoms with E-state index in [9.17, 15) is 13.2 Å². The van der Waals surface area contributed by atoms with Crippen molar-refractivity contribution in [2.24, 2.45) is 0 Å². The average molecular weight is 301 g/mol. The summed E-state index contributed by atoms with van der Waals surface area (Å²) >= 11 is 0. The summed E-state index contributed by atoms with van der Waals surface area (Å²) in [6, 6.07) is 8.17. The number of sulfonamides is 1. The molecule has 1 N–H and O–H groups in total. The van der Waals surface area contributed by atoms with Crippen LogP contribution >= 0.6 is 0 Å². The Morgan fingerprint density at radius 2 is 1.90 bits per heavy atom. The van der Waals surface area contributed by atoms with Crippen molar-refractivity contribution >= 4 is 21.7 Å². The number of hydrogen-bond acceptors (Lipinski definition) is 4. The normalized spacial score (nSPS) is 11.6. The van der Waals surface area contributed by atoms with Crippen LogP contribution in [0.1, 0.15) is 13.8 Å². The molecule has 0 heterocycles. The van der Waals surface area contributed by atoms with Gasteiger partial charge in [0.05, 0.1) is 24.2 Å². The summed E-state index contributed by atoms with van der Waals surface area (Å²) < 4.78 is 30.6. The number of carbonyl (C=O) groups is 1. The van der Waals surface area contributed by atoms with Crippen LogP contribution in [0.15, 0.2) is 30.3 Å². The molecule has 6 nitrogen and oxygen atoms in total. The fourth-order valence-corrected chi connectivity index (χ4v) is 2.84. The van der Waals surface area contributed by atoms with E-state index in [2.05, 4.69) is 0 Å². The molecule has 0 atom stereocenters. The largest absolute Gasteiger partial charge is 0.480 e. The third-order valence-corrected chi connectivity index (χ3v) is 4.15. The van der Waals surface area contributed by atoms with Crippen molar-refractivity contribution < 1.29 is 23.1 Å². The monoisotopic (exact) mass is 301 g/mol. The number of ether oxygens (including phenoxy) is 1. The van der Waals surface area contributed by atoms with Gasteiger partial charge in [-0.2, -0.15) is 0 Å². The fraction of sp³-hybridized carbons (Fsp3) is 0.462. The molecule has 0 aliphatic rings. The molecule has 0 unspecified atom stereocenters. The SMILES string of the molecule is CC(C)OCCS(=O)(=O)N(CC(=O)O)c1ccccc1. The Bertz CT molecular complexity index is 527. The molecule has 1 rings (SSSR count). The number of anilines is 1. The van der Waals surface area contributed by atoms with Crippen molar-refractivity contribution in [3.05, 3.63) is 30.3 Å². The molecule has 20 heavy (non-hydrogen) atoms. The zero-order valence-corrected chi connectivity index (χ0v) is 12.3. The van der Waals surface area contributed by atoms with E-state index in [0.29, 0.717) is 5.69 Å². The second-order valence-electron chi connectivity index (χ2n) is 4.47. The molecule has 0 spiro atoms. The van der Waals surface area contributed by atoms with Crippen molar-refractivity contribution in [3.63, 3.8) is 0 Å². The maximum absolute atomic E-state index is 12.2. The van der Waals surface area contributed by atoms with E-state index in [1.54, 1.807) is 44.2 Å². The average Bonchev–Trinajstić information content (AvgIpc) is 2.36. The highest BCUT2D eigenvalue weighted by Gasteiger charge is 2.24. The summed E-state index contributed by atoms with van der Waals surface area (Å²) in [5.41, 5.74) is 0.333. The summed E-state index contributed by atoms with van der Waals surface area (Å²) in [6.07, 6.45) is -0.0742. The molecule has 0 radical (unpaired) electrons. The molecule has 112 valence electrons. The third-order valence-electron chi connectivity index (χ3n) is 2.45. The van der Waals surface area contributed by atoms with Crippen molar-refractivity contribution in [3.8, 4) is 0 Å². The van der Waals surface area contributed by atoms with E-state index in [0.717, 1.165) is 4.31 Å². The molecule has 0 saturated heterocycles. The maximum Gasteiger partial charge on any atom is 0.324 e. The third kappa shape index (κ3) is 5.18. The molecule has 0 aliphatic heterocycles. The summed E-state index contributed by atoms with van der Waals surface area (Å²) in [4.78, 5) is 10.9. The molecule has 0 bridgehead atoms. The van der Waals surface area contributed by atoms with Crippen molar-refractivity contribution in [1.29, 1.82) is 0 Å². The lowest BCUT2D eigenvalue weighted by molar-refractivity contribution is -0.135. The Kier molecular flexibility index (Phi) is 5.97. The van der Waals surface area contributed by atoms with E-state index in [4.69, 9.17) is 9.84 Å². The van der Waals surface area contributed by atoms with Gasteiger partial charge in [0.1, 0.15) is 6.54 Å². The van der Waals surface area contributed by atoms with Crippen LogP contribution in [-0.4, -0.2) is 44.5 Å². The smallest absolute Gasteiger partial charge is 0.324 e. The quantitative estimate of drug-likeness (QED) is 0.783. The number of aliphatic carboxylic acids is 1. The second kappa shape index (κ2) is 7.25. The number of hydrogen-bond donors (Lipinski definition) is 1. The highest BCUT2D eigenvalue weighted by molar-refractivity contribution is 7.92. The Morgan fingerprint density at radius 3 is 2.40 bits per heavy atom. The van der Waals surface area contributed by atoms with Crippen molar-refractivity contribution in [1.82, 2.24) is 0 Å². The van der Waals surface area contributed by atoms with Gasteiger partial charge in [-0.25, -0.2) is 8.42 Å². The van der Waals surface area contributed by atoms with Gasteiger partial charge in [-0.05, 0) is 26.0 Å². The molecule has 0 aliphatic carbocycles. The molecule has 1 aromatic carbocycles. The van der Waals surface area contributed by atoms with Gasteiger partial charge in [-0.1, -0.05) is 18.2 Å². The first-order valence-corrected chi connectivity index (χ1v) is 7.82. The van der Waals surface area contributed by atoms with Gasteiger partial charge in [0.2, 0.25) is 10.0 Å². The predicted molar refractivity (Wildman–Crippen MR) is 76.3 cm³/mol. The van der Waals surface area contributed by atoms with Crippen LogP contribution in [0, 0.1) is 0 Å². The first-order valence-electron chi connectivity index (χ1n) is 6.22. The number of rotatable bonds is 8. The minimum Gasteiger partial charge on any atom is -0.480 e. The van der Waals surface area contributed by atoms with E-state index >= 15 is 0 Å². The van der Waals surface area contributed by atoms with Crippen LogP contribution in [0.4, 0.5) is 5.69 Å². The van der Waals surface area contributed by atoms with Crippen LogP contribution in [0.3, 0.4) is 0 Å². The molecule has 7 heteroatoms. The lowest BCUT2D eigenvalue weighted by Gasteiger charge is -2.22. The van der Waals surface area contributed by atoms with Crippen molar-refractivity contribution in [2.75, 3.05) is 23.2 Å². The summed E-state index contributed by atoms with van der Waals surface area (Å²) in [7, 11) is -3.74. The zero-order chi connectivity index (χ0) is 15.2. The first-order chi connectivity index (χ1) is 9.33. The molecular weight excluding hydrogens is 282 g/mol. The first kappa shape index (κ1) is 16.5. The Labute approximate surface area is 119 Å². The fourth-order valence-electron chi connectivity index (χ4n) is 1.57. The van der Waals surface area contributed by atoms with Crippen LogP contribution in [0.5, 0.6) is 0 Å². The number of benzene rings is 1. The van der Waals surface area contributed by atoms with Gasteiger partial charge in [-0.3, -0.25) is 9.10 Å². The highest BCUT2D eigenvalue weighted by atomic mass is 32.2.